The lowest BCUT2D eigenvalue weighted by molar-refractivity contribution is 0.382. The molecule has 1 fully saturated rings. The van der Waals surface area contributed by atoms with Crippen LogP contribution in [0.5, 0.6) is 0 Å². The van der Waals surface area contributed by atoms with E-state index in [1.165, 1.54) is 70.6 Å². The molecule has 0 atom stereocenters. The first-order valence-electron chi connectivity index (χ1n) is 6.75. The molecule has 0 nitrogen and oxygen atoms in total. The Balaban J connectivity index is 2.16. The Kier molecular flexibility index (Phi) is 7.17. The van der Waals surface area contributed by atoms with Crippen molar-refractivity contribution in [3.8, 4) is 0 Å². The summed E-state index contributed by atoms with van der Waals surface area (Å²) < 4.78 is 0. The molecule has 0 heterocycles. The summed E-state index contributed by atoms with van der Waals surface area (Å²) in [5.41, 5.74) is 0. The van der Waals surface area contributed by atoms with E-state index in [0.29, 0.717) is 0 Å². The number of hydrogen-bond acceptors (Lipinski definition) is 0. The van der Waals surface area contributed by atoms with Crippen LogP contribution >= 0.6 is 0 Å². The fourth-order valence-electron chi connectivity index (χ4n) is 2.53. The Hall–Kier alpha value is 0. The van der Waals surface area contributed by atoms with Crippen molar-refractivity contribution in [3.05, 3.63) is 6.42 Å². The largest absolute Gasteiger partial charge is 0.0651 e. The molecule has 1 saturated carbocycles. The van der Waals surface area contributed by atoms with Crippen LogP contribution in [-0.2, 0) is 0 Å². The fourth-order valence-corrected chi connectivity index (χ4v) is 2.53. The van der Waals surface area contributed by atoms with E-state index in [0.717, 1.165) is 5.92 Å². The van der Waals surface area contributed by atoms with Gasteiger partial charge in [-0.1, -0.05) is 71.1 Å². The summed E-state index contributed by atoms with van der Waals surface area (Å²) in [6.45, 7) is 2.26. The summed E-state index contributed by atoms with van der Waals surface area (Å²) in [4.78, 5) is 0. The Morgan fingerprint density at radius 3 is 1.86 bits per heavy atom. The van der Waals surface area contributed by atoms with Gasteiger partial charge < -0.3 is 0 Å². The first kappa shape index (κ1) is 12.1. The minimum absolute atomic E-state index is 1.02. The van der Waals surface area contributed by atoms with Gasteiger partial charge in [-0.25, -0.2) is 0 Å². The minimum Gasteiger partial charge on any atom is -0.0651 e. The molecule has 0 heteroatoms. The maximum Gasteiger partial charge on any atom is -0.0386 e. The fraction of sp³-hybridized carbons (Fsp3) is 0.929. The van der Waals surface area contributed by atoms with Crippen molar-refractivity contribution in [2.45, 2.75) is 77.6 Å². The first-order chi connectivity index (χ1) is 6.93. The summed E-state index contributed by atoms with van der Waals surface area (Å²) in [5.74, 6) is 1.02. The molecule has 1 aliphatic carbocycles. The summed E-state index contributed by atoms with van der Waals surface area (Å²) in [6.07, 6.45) is 18.5. The van der Waals surface area contributed by atoms with Gasteiger partial charge in [-0.15, -0.1) is 0 Å². The third-order valence-electron chi connectivity index (χ3n) is 3.51. The van der Waals surface area contributed by atoms with Gasteiger partial charge in [0.25, 0.3) is 0 Å². The van der Waals surface area contributed by atoms with Crippen LogP contribution in [0.2, 0.25) is 0 Å². The zero-order valence-electron chi connectivity index (χ0n) is 9.93. The van der Waals surface area contributed by atoms with Crippen LogP contribution in [0.1, 0.15) is 77.6 Å². The maximum atomic E-state index is 2.48. The average molecular weight is 195 g/mol. The Morgan fingerprint density at radius 2 is 1.36 bits per heavy atom. The summed E-state index contributed by atoms with van der Waals surface area (Å²) in [6, 6.07) is 0. The third-order valence-corrected chi connectivity index (χ3v) is 3.51. The predicted molar refractivity (Wildman–Crippen MR) is 64.3 cm³/mol. The van der Waals surface area contributed by atoms with Gasteiger partial charge in [0, 0.05) is 0 Å². The Morgan fingerprint density at radius 1 is 0.857 bits per heavy atom. The second kappa shape index (κ2) is 8.32. The van der Waals surface area contributed by atoms with Gasteiger partial charge in [0.1, 0.15) is 0 Å². The van der Waals surface area contributed by atoms with Crippen molar-refractivity contribution in [1.29, 1.82) is 0 Å². The second-order valence-corrected chi connectivity index (χ2v) is 4.85. The SMILES string of the molecule is CC[CH]CC1CCCCCCCCC1. The van der Waals surface area contributed by atoms with Crippen molar-refractivity contribution < 1.29 is 0 Å². The molecule has 0 amide bonds. The Bertz CT molecular complexity index is 107. The lowest BCUT2D eigenvalue weighted by atomic mass is 9.89. The van der Waals surface area contributed by atoms with Crippen LogP contribution < -0.4 is 0 Å². The highest BCUT2D eigenvalue weighted by Crippen LogP contribution is 2.24. The molecule has 1 aliphatic rings. The smallest absolute Gasteiger partial charge is 0.0386 e. The summed E-state index contributed by atoms with van der Waals surface area (Å²) in [7, 11) is 0. The van der Waals surface area contributed by atoms with E-state index in [1.54, 1.807) is 0 Å². The highest BCUT2D eigenvalue weighted by atomic mass is 14.1. The molecule has 1 radical (unpaired) electrons. The lowest BCUT2D eigenvalue weighted by Crippen LogP contribution is -2.02. The normalized spacial score (nSPS) is 22.1. The molecular formula is C14H27. The van der Waals surface area contributed by atoms with Gasteiger partial charge in [-0.3, -0.25) is 0 Å². The molecule has 0 saturated heterocycles. The van der Waals surface area contributed by atoms with Crippen LogP contribution in [0.15, 0.2) is 0 Å². The van der Waals surface area contributed by atoms with Crippen LogP contribution in [0.4, 0.5) is 0 Å². The van der Waals surface area contributed by atoms with E-state index in [1.807, 2.05) is 0 Å². The molecule has 1 rings (SSSR count). The van der Waals surface area contributed by atoms with Gasteiger partial charge >= 0.3 is 0 Å². The molecule has 0 aromatic carbocycles. The van der Waals surface area contributed by atoms with Crippen LogP contribution in [0, 0.1) is 12.3 Å². The molecule has 0 bridgehead atoms. The van der Waals surface area contributed by atoms with Crippen LogP contribution in [-0.4, -0.2) is 0 Å². The molecule has 14 heavy (non-hydrogen) atoms. The maximum absolute atomic E-state index is 2.48. The molecular weight excluding hydrogens is 168 g/mol. The van der Waals surface area contributed by atoms with Gasteiger partial charge in [-0.2, -0.15) is 0 Å². The monoisotopic (exact) mass is 195 g/mol. The van der Waals surface area contributed by atoms with Gasteiger partial charge in [-0.05, 0) is 18.8 Å². The highest BCUT2D eigenvalue weighted by Gasteiger charge is 2.09. The van der Waals surface area contributed by atoms with Crippen LogP contribution in [0.25, 0.3) is 0 Å². The van der Waals surface area contributed by atoms with Gasteiger partial charge in [0.15, 0.2) is 0 Å². The van der Waals surface area contributed by atoms with Crippen molar-refractivity contribution in [2.24, 2.45) is 5.92 Å². The number of unbranched alkanes of at least 4 members (excludes halogenated alkanes) is 1. The standard InChI is InChI=1S/C14H27/c1-2-3-11-14-12-9-7-5-4-6-8-10-13-14/h3,14H,2,4-13H2,1H3. The van der Waals surface area contributed by atoms with Crippen molar-refractivity contribution in [3.63, 3.8) is 0 Å². The van der Waals surface area contributed by atoms with Crippen molar-refractivity contribution in [1.82, 2.24) is 0 Å². The zero-order valence-corrected chi connectivity index (χ0v) is 9.93. The molecule has 0 N–H and O–H groups in total. The van der Waals surface area contributed by atoms with Crippen molar-refractivity contribution in [2.75, 3.05) is 0 Å². The molecule has 0 spiro atoms. The van der Waals surface area contributed by atoms with E-state index < -0.39 is 0 Å². The van der Waals surface area contributed by atoms with E-state index in [2.05, 4.69) is 13.3 Å². The second-order valence-electron chi connectivity index (χ2n) is 4.85. The number of hydrogen-bond donors (Lipinski definition) is 0. The molecule has 0 aliphatic heterocycles. The summed E-state index contributed by atoms with van der Waals surface area (Å²) >= 11 is 0. The van der Waals surface area contributed by atoms with E-state index in [9.17, 15) is 0 Å². The molecule has 0 aromatic heterocycles. The van der Waals surface area contributed by atoms with Crippen LogP contribution in [0.3, 0.4) is 0 Å². The zero-order chi connectivity index (χ0) is 10.1. The molecule has 83 valence electrons. The highest BCUT2D eigenvalue weighted by molar-refractivity contribution is 4.70. The Labute approximate surface area is 90.5 Å². The lowest BCUT2D eigenvalue weighted by Gasteiger charge is -2.17. The predicted octanol–water partition coefficient (Wildman–Crippen LogP) is 5.13. The van der Waals surface area contributed by atoms with Gasteiger partial charge in [0.05, 0.1) is 0 Å². The number of rotatable bonds is 3. The van der Waals surface area contributed by atoms with Crippen molar-refractivity contribution >= 4 is 0 Å². The van der Waals surface area contributed by atoms with Gasteiger partial charge in [0.2, 0.25) is 0 Å². The van der Waals surface area contributed by atoms with E-state index in [4.69, 9.17) is 0 Å². The van der Waals surface area contributed by atoms with E-state index >= 15 is 0 Å². The average Bonchev–Trinajstić information content (AvgIpc) is 2.23. The third kappa shape index (κ3) is 5.67. The molecule has 0 aromatic rings. The first-order valence-corrected chi connectivity index (χ1v) is 6.75. The molecule has 0 unspecified atom stereocenters. The minimum atomic E-state index is 1.02. The van der Waals surface area contributed by atoms with E-state index in [-0.39, 0.29) is 0 Å². The summed E-state index contributed by atoms with van der Waals surface area (Å²) in [5, 5.41) is 0. The topological polar surface area (TPSA) is 0 Å². The quantitative estimate of drug-likeness (QED) is 0.585.